The molecule has 138 valence electrons. The van der Waals surface area contributed by atoms with Crippen molar-refractivity contribution in [2.45, 2.75) is 39.9 Å². The molecule has 2 heterocycles. The first-order valence-corrected chi connectivity index (χ1v) is 8.76. The van der Waals surface area contributed by atoms with E-state index in [1.54, 1.807) is 6.92 Å². The summed E-state index contributed by atoms with van der Waals surface area (Å²) in [5.41, 5.74) is 2.58. The highest BCUT2D eigenvalue weighted by Crippen LogP contribution is 2.27. The first kappa shape index (κ1) is 18.5. The van der Waals surface area contributed by atoms with E-state index in [4.69, 9.17) is 9.47 Å². The van der Waals surface area contributed by atoms with Crippen molar-refractivity contribution >= 4 is 17.0 Å². The summed E-state index contributed by atoms with van der Waals surface area (Å²) in [5, 5.41) is 10.0. The zero-order chi connectivity index (χ0) is 19.6. The second-order valence-electron chi connectivity index (χ2n) is 7.30. The third-order valence-corrected chi connectivity index (χ3v) is 4.16. The van der Waals surface area contributed by atoms with Gasteiger partial charge in [-0.05, 0) is 39.8 Å². The lowest BCUT2D eigenvalue weighted by Crippen LogP contribution is -2.27. The monoisotopic (exact) mass is 362 g/mol. The Bertz CT molecular complexity index is 1010. The lowest BCUT2D eigenvalue weighted by molar-refractivity contribution is 0.0541. The fraction of sp³-hybridized carbons (Fsp3) is 0.273. The quantitative estimate of drug-likeness (QED) is 0.552. The van der Waals surface area contributed by atoms with Crippen molar-refractivity contribution < 1.29 is 14.3 Å². The first-order chi connectivity index (χ1) is 12.8. The van der Waals surface area contributed by atoms with E-state index >= 15 is 0 Å². The number of hydrogen-bond acceptors (Lipinski definition) is 4. The van der Waals surface area contributed by atoms with Gasteiger partial charge in [-0.2, -0.15) is 5.26 Å². The summed E-state index contributed by atoms with van der Waals surface area (Å²) in [7, 11) is 0. The van der Waals surface area contributed by atoms with E-state index in [9.17, 15) is 10.1 Å². The molecule has 1 aliphatic rings. The molecule has 0 amide bonds. The third-order valence-electron chi connectivity index (χ3n) is 4.16. The van der Waals surface area contributed by atoms with Crippen molar-refractivity contribution in [2.24, 2.45) is 0 Å². The number of rotatable bonds is 0. The van der Waals surface area contributed by atoms with Gasteiger partial charge < -0.3 is 9.47 Å². The van der Waals surface area contributed by atoms with Gasteiger partial charge in [-0.25, -0.2) is 9.36 Å². The van der Waals surface area contributed by atoms with E-state index in [-0.39, 0.29) is 0 Å². The highest BCUT2D eigenvalue weighted by atomic mass is 16.6. The fourth-order valence-corrected chi connectivity index (χ4v) is 2.89. The molecule has 0 unspecified atom stereocenters. The Balaban J connectivity index is 0.000000216. The molecule has 0 spiro atoms. The van der Waals surface area contributed by atoms with Gasteiger partial charge in [0.2, 0.25) is 0 Å². The van der Waals surface area contributed by atoms with Gasteiger partial charge in [-0.15, -0.1) is 0 Å². The number of fused-ring (bicyclic) bond motifs is 2. The molecule has 0 saturated carbocycles. The number of nitriles is 1. The number of carbonyl (C=O) groups excluding carboxylic acids is 1. The van der Waals surface area contributed by atoms with Gasteiger partial charge in [0.25, 0.3) is 0 Å². The van der Waals surface area contributed by atoms with Crippen LogP contribution in [0.15, 0.2) is 48.5 Å². The van der Waals surface area contributed by atoms with Crippen LogP contribution in [0.1, 0.15) is 37.6 Å². The van der Waals surface area contributed by atoms with Gasteiger partial charge >= 0.3 is 6.09 Å². The van der Waals surface area contributed by atoms with Crippen molar-refractivity contribution in [2.75, 3.05) is 0 Å². The molecule has 0 aliphatic carbocycles. The normalized spacial score (nSPS) is 12.0. The summed E-state index contributed by atoms with van der Waals surface area (Å²) in [4.78, 5) is 12.3. The van der Waals surface area contributed by atoms with E-state index in [2.05, 4.69) is 12.1 Å². The van der Waals surface area contributed by atoms with Gasteiger partial charge in [-0.1, -0.05) is 36.4 Å². The highest BCUT2D eigenvalue weighted by molar-refractivity contribution is 5.95. The standard InChI is InChI=1S/C15H16N2O2.C7H6O/c1-10-12(9-16)11-7-5-6-8-13(11)17(10)14(18)19-15(2,3)4;1-2-4-7-6(3-1)5-8-7/h5-8H,1-4H3;1-4H,5H2. The molecule has 0 radical (unpaired) electrons. The van der Waals surface area contributed by atoms with Gasteiger partial charge in [0, 0.05) is 16.6 Å². The maximum atomic E-state index is 12.3. The molecule has 5 heteroatoms. The van der Waals surface area contributed by atoms with Gasteiger partial charge in [0.1, 0.15) is 24.0 Å². The number of carbonyl (C=O) groups is 1. The SMILES string of the molecule is Cc1c(C#N)c2ccccc2n1C(=O)OC(C)(C)C.c1ccc2c(c1)CO2. The van der Waals surface area contributed by atoms with Crippen molar-refractivity contribution in [3.05, 3.63) is 65.4 Å². The van der Waals surface area contributed by atoms with Crippen molar-refractivity contribution in [1.29, 1.82) is 5.26 Å². The number of nitrogens with zero attached hydrogens (tertiary/aromatic N) is 2. The van der Waals surface area contributed by atoms with E-state index < -0.39 is 11.7 Å². The Labute approximate surface area is 158 Å². The summed E-state index contributed by atoms with van der Waals surface area (Å²) in [5.74, 6) is 1.05. The maximum Gasteiger partial charge on any atom is 0.419 e. The van der Waals surface area contributed by atoms with E-state index in [1.807, 2.05) is 63.2 Å². The Morgan fingerprint density at radius 3 is 2.33 bits per heavy atom. The van der Waals surface area contributed by atoms with Crippen molar-refractivity contribution in [1.82, 2.24) is 4.57 Å². The molecule has 0 saturated heterocycles. The number of para-hydroxylation sites is 2. The molecular formula is C22H22N2O3. The van der Waals surface area contributed by atoms with Crippen LogP contribution in [0.2, 0.25) is 0 Å². The second-order valence-corrected chi connectivity index (χ2v) is 7.30. The Morgan fingerprint density at radius 2 is 1.81 bits per heavy atom. The Kier molecular flexibility index (Phi) is 4.91. The molecule has 27 heavy (non-hydrogen) atoms. The summed E-state index contributed by atoms with van der Waals surface area (Å²) < 4.78 is 11.9. The molecule has 2 aromatic carbocycles. The fourth-order valence-electron chi connectivity index (χ4n) is 2.89. The van der Waals surface area contributed by atoms with Crippen molar-refractivity contribution in [3.63, 3.8) is 0 Å². The van der Waals surface area contributed by atoms with Crippen LogP contribution in [0, 0.1) is 18.3 Å². The molecule has 1 aliphatic heterocycles. The zero-order valence-corrected chi connectivity index (χ0v) is 15.9. The number of aromatic nitrogens is 1. The molecule has 0 bridgehead atoms. The molecule has 3 aromatic rings. The Morgan fingerprint density at radius 1 is 1.15 bits per heavy atom. The topological polar surface area (TPSA) is 64.2 Å². The molecule has 1 aromatic heterocycles. The smallest absolute Gasteiger partial charge is 0.419 e. The molecule has 4 rings (SSSR count). The summed E-state index contributed by atoms with van der Waals surface area (Å²) in [6.07, 6.45) is -0.456. The summed E-state index contributed by atoms with van der Waals surface area (Å²) >= 11 is 0. The number of benzene rings is 2. The average molecular weight is 362 g/mol. The van der Waals surface area contributed by atoms with Crippen molar-refractivity contribution in [3.8, 4) is 11.8 Å². The summed E-state index contributed by atoms with van der Waals surface area (Å²) in [6.45, 7) is 8.00. The minimum absolute atomic E-state index is 0.456. The van der Waals surface area contributed by atoms with E-state index in [1.165, 1.54) is 10.1 Å². The van der Waals surface area contributed by atoms with Crippen LogP contribution in [0.5, 0.6) is 5.75 Å². The minimum Gasteiger partial charge on any atom is -0.488 e. The molecule has 0 fully saturated rings. The zero-order valence-electron chi connectivity index (χ0n) is 15.9. The second kappa shape index (κ2) is 7.16. The molecule has 5 nitrogen and oxygen atoms in total. The lowest BCUT2D eigenvalue weighted by atomic mass is 10.1. The lowest BCUT2D eigenvalue weighted by Gasteiger charge is -2.20. The Hall–Kier alpha value is -3.26. The molecular weight excluding hydrogens is 340 g/mol. The number of ether oxygens (including phenoxy) is 2. The maximum absolute atomic E-state index is 12.3. The van der Waals surface area contributed by atoms with Gasteiger partial charge in [0.05, 0.1) is 11.1 Å². The van der Waals surface area contributed by atoms with E-state index in [0.29, 0.717) is 16.8 Å². The van der Waals surface area contributed by atoms with Crippen LogP contribution in [-0.4, -0.2) is 16.3 Å². The van der Waals surface area contributed by atoms with Gasteiger partial charge in [-0.3, -0.25) is 0 Å². The molecule has 0 atom stereocenters. The predicted molar refractivity (Wildman–Crippen MR) is 104 cm³/mol. The largest absolute Gasteiger partial charge is 0.488 e. The van der Waals surface area contributed by atoms with E-state index in [0.717, 1.165) is 17.7 Å². The van der Waals surface area contributed by atoms with Crippen LogP contribution >= 0.6 is 0 Å². The molecule has 0 N–H and O–H groups in total. The summed E-state index contributed by atoms with van der Waals surface area (Å²) in [6, 6.07) is 17.6. The predicted octanol–water partition coefficient (Wildman–Crippen LogP) is 5.18. The van der Waals surface area contributed by atoms with Crippen LogP contribution < -0.4 is 4.74 Å². The first-order valence-electron chi connectivity index (χ1n) is 8.76. The third kappa shape index (κ3) is 3.80. The van der Waals surface area contributed by atoms with Gasteiger partial charge in [0.15, 0.2) is 0 Å². The van der Waals surface area contributed by atoms with Crippen LogP contribution in [0.4, 0.5) is 4.79 Å². The highest BCUT2D eigenvalue weighted by Gasteiger charge is 2.23. The van der Waals surface area contributed by atoms with Crippen LogP contribution in [0.25, 0.3) is 10.9 Å². The average Bonchev–Trinajstić information content (AvgIpc) is 2.86. The van der Waals surface area contributed by atoms with Crippen LogP contribution in [0.3, 0.4) is 0 Å². The minimum atomic E-state index is -0.568. The number of hydrogen-bond donors (Lipinski definition) is 0. The van der Waals surface area contributed by atoms with Crippen LogP contribution in [-0.2, 0) is 11.3 Å².